The number of ether oxygens (including phenoxy) is 11. The molecule has 1 N–H and O–H groups in total. The van der Waals surface area contributed by atoms with Crippen LogP contribution in [0.5, 0.6) is 5.75 Å². The molecule has 0 bridgehead atoms. The summed E-state index contributed by atoms with van der Waals surface area (Å²) in [5.74, 6) is 0.605. The van der Waals surface area contributed by atoms with Crippen LogP contribution in [0.4, 0.5) is 5.69 Å². The molecule has 4 rings (SSSR count). The van der Waals surface area contributed by atoms with Gasteiger partial charge in [-0.25, -0.2) is 0 Å². The smallest absolute Gasteiger partial charge is 0.221 e. The molecule has 0 atom stereocenters. The molecule has 60 heavy (non-hydrogen) atoms. The second-order valence-electron chi connectivity index (χ2n) is 13.2. The number of amides is 1. The van der Waals surface area contributed by atoms with Gasteiger partial charge < -0.3 is 57.4 Å². The van der Waals surface area contributed by atoms with Crippen LogP contribution in [0.15, 0.2) is 115 Å². The minimum absolute atomic E-state index is 0.109. The lowest BCUT2D eigenvalue weighted by molar-refractivity contribution is -0.114. The summed E-state index contributed by atoms with van der Waals surface area (Å²) in [5, 5.41) is 2.71. The zero-order chi connectivity index (χ0) is 42.0. The Morgan fingerprint density at radius 2 is 0.667 bits per heavy atom. The van der Waals surface area contributed by atoms with E-state index in [0.29, 0.717) is 138 Å². The van der Waals surface area contributed by atoms with Crippen LogP contribution in [-0.2, 0) is 57.8 Å². The highest BCUT2D eigenvalue weighted by Crippen LogP contribution is 2.40. The van der Waals surface area contributed by atoms with Gasteiger partial charge in [0.05, 0.1) is 126 Å². The van der Waals surface area contributed by atoms with Gasteiger partial charge in [-0.3, -0.25) is 4.79 Å². The Labute approximate surface area is 355 Å². The van der Waals surface area contributed by atoms with Crippen molar-refractivity contribution in [2.45, 2.75) is 12.5 Å². The van der Waals surface area contributed by atoms with Crippen molar-refractivity contribution in [2.75, 3.05) is 137 Å². The van der Waals surface area contributed by atoms with E-state index < -0.39 is 5.60 Å². The Bertz CT molecular complexity index is 1520. The predicted octanol–water partition coefficient (Wildman–Crippen LogP) is 6.18. The number of benzene rings is 4. The summed E-state index contributed by atoms with van der Waals surface area (Å²) in [5.41, 5.74) is 3.16. The summed E-state index contributed by atoms with van der Waals surface area (Å²) < 4.78 is 62.6. The molecule has 0 spiro atoms. The molecule has 328 valence electrons. The monoisotopic (exact) mass is 833 g/mol. The zero-order valence-corrected chi connectivity index (χ0v) is 35.0. The van der Waals surface area contributed by atoms with Crippen LogP contribution in [0, 0.1) is 0 Å². The molecule has 4 aromatic rings. The van der Waals surface area contributed by atoms with Gasteiger partial charge >= 0.3 is 0 Å². The number of carbonyl (C=O) groups excluding carboxylic acids is 1. The lowest BCUT2D eigenvalue weighted by Crippen LogP contribution is -2.34. The summed E-state index contributed by atoms with van der Waals surface area (Å²) in [6.45, 7) is 10.9. The summed E-state index contributed by atoms with van der Waals surface area (Å²) in [6.07, 6.45) is 0. The summed E-state index contributed by atoms with van der Waals surface area (Å²) in [4.78, 5) is 11.1. The summed E-state index contributed by atoms with van der Waals surface area (Å²) in [7, 11) is 0. The van der Waals surface area contributed by atoms with E-state index >= 15 is 0 Å². The van der Waals surface area contributed by atoms with Crippen molar-refractivity contribution in [3.63, 3.8) is 0 Å². The van der Waals surface area contributed by atoms with Crippen molar-refractivity contribution in [1.82, 2.24) is 0 Å². The summed E-state index contributed by atoms with van der Waals surface area (Å²) >= 11 is 0. The highest BCUT2D eigenvalue weighted by molar-refractivity contribution is 5.88. The van der Waals surface area contributed by atoms with Gasteiger partial charge in [0.2, 0.25) is 5.91 Å². The molecule has 0 saturated carbocycles. The molecule has 0 heterocycles. The molecule has 13 nitrogen and oxygen atoms in total. The first-order valence-electron chi connectivity index (χ1n) is 20.7. The van der Waals surface area contributed by atoms with E-state index in [1.54, 1.807) is 24.3 Å². The van der Waals surface area contributed by atoms with Crippen molar-refractivity contribution >= 4 is 11.6 Å². The molecule has 0 unspecified atom stereocenters. The number of anilines is 1. The number of carbonyl (C=O) groups is 1. The van der Waals surface area contributed by atoms with Gasteiger partial charge in [-0.15, -0.1) is 0 Å². The molecular formula is C47H63NO12. The molecule has 0 aliphatic carbocycles. The van der Waals surface area contributed by atoms with Crippen LogP contribution in [-0.4, -0.2) is 138 Å². The normalized spacial score (nSPS) is 11.5. The van der Waals surface area contributed by atoms with E-state index in [1.165, 1.54) is 6.92 Å². The second kappa shape index (κ2) is 31.6. The third-order valence-corrected chi connectivity index (χ3v) is 8.73. The zero-order valence-electron chi connectivity index (χ0n) is 35.0. The Morgan fingerprint density at radius 1 is 0.383 bits per heavy atom. The van der Waals surface area contributed by atoms with Crippen molar-refractivity contribution in [1.29, 1.82) is 0 Å². The third kappa shape index (κ3) is 19.9. The first-order chi connectivity index (χ1) is 29.7. The van der Waals surface area contributed by atoms with Crippen molar-refractivity contribution in [3.8, 4) is 5.75 Å². The topological polar surface area (TPSA) is 131 Å². The van der Waals surface area contributed by atoms with Crippen LogP contribution in [0.3, 0.4) is 0 Å². The highest BCUT2D eigenvalue weighted by Gasteiger charge is 2.37. The molecule has 1 amide bonds. The molecule has 0 aromatic heterocycles. The molecule has 0 radical (unpaired) electrons. The van der Waals surface area contributed by atoms with Crippen molar-refractivity contribution < 1.29 is 56.9 Å². The van der Waals surface area contributed by atoms with Gasteiger partial charge in [-0.1, -0.05) is 91.0 Å². The minimum atomic E-state index is -0.757. The van der Waals surface area contributed by atoms with Crippen LogP contribution in [0.2, 0.25) is 0 Å². The first-order valence-corrected chi connectivity index (χ1v) is 20.7. The Kier molecular flexibility index (Phi) is 25.5. The van der Waals surface area contributed by atoms with Gasteiger partial charge in [0.1, 0.15) is 18.0 Å². The molecule has 13 heteroatoms. The van der Waals surface area contributed by atoms with E-state index in [-0.39, 0.29) is 5.91 Å². The Morgan fingerprint density at radius 3 is 0.967 bits per heavy atom. The SMILES string of the molecule is CC(=O)Nc1ccc(OCCOCCOCCOCCOCCOCCOCCOCCOCCOCCOC(c2ccccc2)(c2ccccc2)c2ccccc2)cc1. The molecule has 0 aliphatic rings. The van der Waals surface area contributed by atoms with Crippen molar-refractivity contribution in [2.24, 2.45) is 0 Å². The van der Waals surface area contributed by atoms with E-state index in [2.05, 4.69) is 41.7 Å². The maximum Gasteiger partial charge on any atom is 0.221 e. The van der Waals surface area contributed by atoms with Crippen molar-refractivity contribution in [3.05, 3.63) is 132 Å². The fourth-order valence-corrected chi connectivity index (χ4v) is 5.94. The lowest BCUT2D eigenvalue weighted by Gasteiger charge is -2.36. The van der Waals surface area contributed by atoms with Crippen LogP contribution in [0.25, 0.3) is 0 Å². The van der Waals surface area contributed by atoms with Gasteiger partial charge in [-0.2, -0.15) is 0 Å². The van der Waals surface area contributed by atoms with Gasteiger partial charge in [0, 0.05) is 12.6 Å². The first kappa shape index (κ1) is 48.4. The fraction of sp³-hybridized carbons (Fsp3) is 0.468. The quantitative estimate of drug-likeness (QED) is 0.0415. The van der Waals surface area contributed by atoms with Gasteiger partial charge in [0.25, 0.3) is 0 Å². The average molecular weight is 834 g/mol. The molecular weight excluding hydrogens is 771 g/mol. The van der Waals surface area contributed by atoms with E-state index in [1.807, 2.05) is 54.6 Å². The standard InChI is InChI=1S/C47H63NO12/c1-41(49)48-45-17-19-46(20-18-45)59-39-37-57-35-33-55-31-29-53-27-25-51-23-21-50-22-24-52-26-28-54-30-32-56-34-36-58-38-40-60-47(42-11-5-2-6-12-42,43-13-7-3-8-14-43)44-15-9-4-10-16-44/h2-20H,21-40H2,1H3,(H,48,49). The van der Waals surface area contributed by atoms with E-state index in [9.17, 15) is 4.79 Å². The number of hydrogen-bond acceptors (Lipinski definition) is 12. The van der Waals surface area contributed by atoms with Crippen LogP contribution >= 0.6 is 0 Å². The fourth-order valence-electron chi connectivity index (χ4n) is 5.94. The molecule has 4 aromatic carbocycles. The van der Waals surface area contributed by atoms with Crippen LogP contribution in [0.1, 0.15) is 23.6 Å². The second-order valence-corrected chi connectivity index (χ2v) is 13.2. The van der Waals surface area contributed by atoms with E-state index in [0.717, 1.165) is 22.4 Å². The maximum atomic E-state index is 11.1. The Balaban J connectivity index is 0.858. The van der Waals surface area contributed by atoms with Crippen LogP contribution < -0.4 is 10.1 Å². The molecule has 0 aliphatic heterocycles. The maximum absolute atomic E-state index is 11.1. The summed E-state index contributed by atoms with van der Waals surface area (Å²) in [6, 6.07) is 38.1. The number of hydrogen-bond donors (Lipinski definition) is 1. The third-order valence-electron chi connectivity index (χ3n) is 8.73. The molecule has 0 saturated heterocycles. The van der Waals surface area contributed by atoms with Gasteiger partial charge in [0.15, 0.2) is 0 Å². The van der Waals surface area contributed by atoms with E-state index in [4.69, 9.17) is 52.1 Å². The number of nitrogens with one attached hydrogen (secondary N) is 1. The lowest BCUT2D eigenvalue weighted by atomic mass is 9.80. The highest BCUT2D eigenvalue weighted by atomic mass is 16.6. The largest absolute Gasteiger partial charge is 0.491 e. The predicted molar refractivity (Wildman–Crippen MR) is 229 cm³/mol. The minimum Gasteiger partial charge on any atom is -0.491 e. The number of rotatable bonds is 36. The molecule has 0 fully saturated rings. The Hall–Kier alpha value is -4.25. The average Bonchev–Trinajstić information content (AvgIpc) is 3.28. The van der Waals surface area contributed by atoms with Gasteiger partial charge in [-0.05, 0) is 41.0 Å².